The van der Waals surface area contributed by atoms with Crippen LogP contribution in [0.1, 0.15) is 24.1 Å². The molecule has 0 spiro atoms. The summed E-state index contributed by atoms with van der Waals surface area (Å²) in [5.41, 5.74) is 4.76. The minimum atomic E-state index is -3.24. The number of likely N-dealkylation sites (tertiary alicyclic amines) is 1. The lowest BCUT2D eigenvalue weighted by atomic mass is 10.1. The Bertz CT molecular complexity index is 901. The number of halogens is 3. The number of rotatable bonds is 7. The lowest BCUT2D eigenvalue weighted by Crippen LogP contribution is -2.56. The number of amides is 2. The molecule has 1 fully saturated rings. The zero-order valence-electron chi connectivity index (χ0n) is 16.6. The van der Waals surface area contributed by atoms with Gasteiger partial charge in [-0.05, 0) is 37.9 Å². The molecule has 2 heterocycles. The van der Waals surface area contributed by atoms with Crippen molar-refractivity contribution in [1.82, 2.24) is 20.5 Å². The van der Waals surface area contributed by atoms with Crippen LogP contribution in [0.15, 0.2) is 29.8 Å². The molecule has 1 aromatic heterocycles. The number of hydrogen-bond donors (Lipinski definition) is 2. The van der Waals surface area contributed by atoms with Crippen molar-refractivity contribution in [3.8, 4) is 10.4 Å². The van der Waals surface area contributed by atoms with Crippen molar-refractivity contribution in [3.63, 3.8) is 0 Å². The molecule has 1 aliphatic heterocycles. The Morgan fingerprint density at radius 1 is 1.37 bits per heavy atom. The van der Waals surface area contributed by atoms with Gasteiger partial charge >= 0.3 is 3.93 Å². The Morgan fingerprint density at radius 3 is 2.63 bits per heavy atom. The second kappa shape index (κ2) is 9.65. The predicted molar refractivity (Wildman–Crippen MR) is 121 cm³/mol. The van der Waals surface area contributed by atoms with E-state index in [2.05, 4.69) is 15.6 Å². The van der Waals surface area contributed by atoms with Gasteiger partial charge in [0.05, 0.1) is 16.1 Å². The van der Waals surface area contributed by atoms with Crippen LogP contribution in [0, 0.1) is 6.92 Å². The van der Waals surface area contributed by atoms with E-state index in [1.165, 1.54) is 11.9 Å². The Morgan fingerprint density at radius 2 is 2.07 bits per heavy atom. The number of carbonyl (C=O) groups is 2. The molecule has 1 unspecified atom stereocenters. The molecule has 162 valence electrons. The third kappa shape index (κ3) is 5.14. The minimum absolute atomic E-state index is 0.296. The quantitative estimate of drug-likeness (QED) is 0.412. The van der Waals surface area contributed by atoms with Gasteiger partial charge in [0.15, 0.2) is 6.04 Å². The molecule has 0 aliphatic carbocycles. The summed E-state index contributed by atoms with van der Waals surface area (Å²) >= 11 is 2.53. The Kier molecular flexibility index (Phi) is 7.40. The minimum Gasteiger partial charge on any atom is -0.350 e. The number of carbonyl (C=O) groups excluding carboxylic acids is 2. The van der Waals surface area contributed by atoms with Gasteiger partial charge in [-0.25, -0.2) is 4.98 Å². The summed E-state index contributed by atoms with van der Waals surface area (Å²) in [6.45, 7) is 2.56. The highest BCUT2D eigenvalue weighted by Gasteiger charge is 2.46. The first-order valence-corrected chi connectivity index (χ1v) is 11.5. The van der Waals surface area contributed by atoms with Gasteiger partial charge in [0.25, 0.3) is 0 Å². The van der Waals surface area contributed by atoms with Crippen LogP contribution in [-0.4, -0.2) is 51.3 Å². The average molecular weight is 548 g/mol. The number of hydrogen-bond acceptors (Lipinski definition) is 5. The van der Waals surface area contributed by atoms with E-state index in [1.54, 1.807) is 16.8 Å². The lowest BCUT2D eigenvalue weighted by Gasteiger charge is -2.29. The summed E-state index contributed by atoms with van der Waals surface area (Å²) < 4.78 is 24.2. The molecule has 0 saturated carbocycles. The van der Waals surface area contributed by atoms with E-state index < -0.39 is 21.9 Å². The maximum absolute atomic E-state index is 13.7. The molecular weight excluding hydrogens is 525 g/mol. The fraction of sp³-hybridized carbons (Fsp3) is 0.450. The first-order valence-electron chi connectivity index (χ1n) is 9.54. The van der Waals surface area contributed by atoms with Gasteiger partial charge in [-0.15, -0.1) is 11.3 Å². The van der Waals surface area contributed by atoms with Crippen LogP contribution < -0.4 is 10.6 Å². The molecule has 10 heteroatoms. The molecule has 2 N–H and O–H groups in total. The summed E-state index contributed by atoms with van der Waals surface area (Å²) in [5, 5.41) is 5.21. The molecule has 30 heavy (non-hydrogen) atoms. The number of benzene rings is 1. The van der Waals surface area contributed by atoms with Crippen LogP contribution in [0.25, 0.3) is 10.4 Å². The second-order valence-electron chi connectivity index (χ2n) is 7.13. The number of alkyl halides is 3. The number of aromatic nitrogens is 1. The first-order chi connectivity index (χ1) is 14.2. The third-order valence-corrected chi connectivity index (χ3v) is 6.73. The zero-order valence-corrected chi connectivity index (χ0v) is 19.6. The van der Waals surface area contributed by atoms with Crippen molar-refractivity contribution in [3.05, 3.63) is 41.0 Å². The first kappa shape index (κ1) is 23.0. The smallest absolute Gasteiger partial charge is 0.320 e. The standard InChI is InChI=1S/C20H23F2IN4O2S/c1-12-16(30-11-26-12)14-7-5-13(6-8-14)10-25-18(28)15-4-3-9-27(15)19(29)17(24-2)20(21,22)23/h5-8,11,15,17,24H,3-4,9-10H2,1-2H3,(H,25,28)/t15-,17?/m0/s1. The summed E-state index contributed by atoms with van der Waals surface area (Å²) in [7, 11) is 1.32. The van der Waals surface area contributed by atoms with Gasteiger partial charge in [-0.1, -0.05) is 24.3 Å². The average Bonchev–Trinajstić information content (AvgIpc) is 3.35. The molecule has 0 radical (unpaired) electrons. The van der Waals surface area contributed by atoms with Crippen LogP contribution in [0.2, 0.25) is 0 Å². The summed E-state index contributed by atoms with van der Waals surface area (Å²) in [4.78, 5) is 31.9. The van der Waals surface area contributed by atoms with E-state index >= 15 is 0 Å². The Balaban J connectivity index is 1.61. The molecular formula is C20H23F2IN4O2S. The highest BCUT2D eigenvalue weighted by Crippen LogP contribution is 2.30. The Hall–Kier alpha value is -1.66. The maximum atomic E-state index is 13.7. The van der Waals surface area contributed by atoms with Crippen LogP contribution in [-0.2, 0) is 16.1 Å². The number of nitrogens with one attached hydrogen (secondary N) is 2. The van der Waals surface area contributed by atoms with E-state index in [1.807, 2.05) is 31.2 Å². The van der Waals surface area contributed by atoms with Crippen molar-refractivity contribution in [1.29, 1.82) is 0 Å². The molecule has 1 saturated heterocycles. The fourth-order valence-corrected chi connectivity index (χ4v) is 4.95. The molecule has 1 aliphatic rings. The topological polar surface area (TPSA) is 74.3 Å². The van der Waals surface area contributed by atoms with Crippen LogP contribution in [0.5, 0.6) is 0 Å². The highest BCUT2D eigenvalue weighted by atomic mass is 127. The van der Waals surface area contributed by atoms with Crippen LogP contribution in [0.4, 0.5) is 8.78 Å². The van der Waals surface area contributed by atoms with Crippen molar-refractivity contribution in [2.45, 2.75) is 42.3 Å². The van der Waals surface area contributed by atoms with Crippen LogP contribution in [0.3, 0.4) is 0 Å². The molecule has 2 amide bonds. The molecule has 3 rings (SSSR count). The normalized spacial score (nSPS) is 17.8. The number of thiazole rings is 1. The number of aryl methyl sites for hydroxylation is 1. The van der Waals surface area contributed by atoms with E-state index in [4.69, 9.17) is 0 Å². The summed E-state index contributed by atoms with van der Waals surface area (Å²) in [6.07, 6.45) is 1.07. The van der Waals surface area contributed by atoms with Crippen molar-refractivity contribution >= 4 is 45.7 Å². The van der Waals surface area contributed by atoms with Crippen molar-refractivity contribution in [2.24, 2.45) is 0 Å². The fourth-order valence-electron chi connectivity index (χ4n) is 3.56. The van der Waals surface area contributed by atoms with Gasteiger partial charge in [0.1, 0.15) is 6.04 Å². The Labute approximate surface area is 191 Å². The summed E-state index contributed by atoms with van der Waals surface area (Å²) in [5.74, 6) is -1.08. The van der Waals surface area contributed by atoms with Gasteiger partial charge in [-0.2, -0.15) is 8.78 Å². The van der Waals surface area contributed by atoms with Gasteiger partial charge in [0.2, 0.25) is 11.8 Å². The van der Waals surface area contributed by atoms with Gasteiger partial charge < -0.3 is 15.5 Å². The third-order valence-electron chi connectivity index (χ3n) is 5.13. The predicted octanol–water partition coefficient (Wildman–Crippen LogP) is 3.34. The van der Waals surface area contributed by atoms with E-state index in [-0.39, 0.29) is 5.91 Å². The zero-order chi connectivity index (χ0) is 21.9. The largest absolute Gasteiger partial charge is 0.350 e. The molecule has 0 bridgehead atoms. The summed E-state index contributed by atoms with van der Waals surface area (Å²) in [6, 6.07) is 5.43. The van der Waals surface area contributed by atoms with E-state index in [9.17, 15) is 18.4 Å². The molecule has 2 aromatic rings. The van der Waals surface area contributed by atoms with Gasteiger partial charge in [-0.3, -0.25) is 9.59 Å². The number of nitrogens with zero attached hydrogens (tertiary/aromatic N) is 2. The second-order valence-corrected chi connectivity index (χ2v) is 9.43. The molecule has 1 aromatic carbocycles. The monoisotopic (exact) mass is 548 g/mol. The lowest BCUT2D eigenvalue weighted by molar-refractivity contribution is -0.143. The SMILES string of the molecule is CNC(C(=O)N1CCC[C@H]1C(=O)NCc1ccc(-c2scnc2C)cc1)C(F)(F)I. The van der Waals surface area contributed by atoms with E-state index in [0.717, 1.165) is 44.3 Å². The maximum Gasteiger partial charge on any atom is 0.320 e. The molecule has 2 atom stereocenters. The molecule has 6 nitrogen and oxygen atoms in total. The van der Waals surface area contributed by atoms with Crippen LogP contribution >= 0.6 is 33.9 Å². The highest BCUT2D eigenvalue weighted by molar-refractivity contribution is 14.1. The van der Waals surface area contributed by atoms with Crippen molar-refractivity contribution < 1.29 is 18.4 Å². The van der Waals surface area contributed by atoms with Crippen molar-refractivity contribution in [2.75, 3.05) is 13.6 Å². The number of likely N-dealkylation sites (N-methyl/N-ethyl adjacent to an activating group) is 1. The van der Waals surface area contributed by atoms with E-state index in [0.29, 0.717) is 25.9 Å². The van der Waals surface area contributed by atoms with Gasteiger partial charge in [0, 0.05) is 35.7 Å².